The first-order valence-corrected chi connectivity index (χ1v) is 8.66. The van der Waals surface area contributed by atoms with Gasteiger partial charge in [0.2, 0.25) is 5.91 Å². The Morgan fingerprint density at radius 3 is 2.41 bits per heavy atom. The van der Waals surface area contributed by atoms with E-state index < -0.39 is 0 Å². The van der Waals surface area contributed by atoms with Gasteiger partial charge in [-0.2, -0.15) is 0 Å². The molecular formula is C19H31N2O+. The zero-order valence-electron chi connectivity index (χ0n) is 14.3. The van der Waals surface area contributed by atoms with Gasteiger partial charge < -0.3 is 10.2 Å². The maximum Gasteiger partial charge on any atom is 0.220 e. The van der Waals surface area contributed by atoms with Gasteiger partial charge in [-0.05, 0) is 24.3 Å². The highest BCUT2D eigenvalue weighted by Gasteiger charge is 2.38. The van der Waals surface area contributed by atoms with Gasteiger partial charge in [-0.3, -0.25) is 4.79 Å². The Morgan fingerprint density at radius 1 is 1.18 bits per heavy atom. The van der Waals surface area contributed by atoms with E-state index in [1.54, 1.807) is 0 Å². The van der Waals surface area contributed by atoms with E-state index in [-0.39, 0.29) is 17.4 Å². The van der Waals surface area contributed by atoms with Crippen LogP contribution in [0, 0.1) is 0 Å². The number of hydrogen-bond donors (Lipinski definition) is 2. The summed E-state index contributed by atoms with van der Waals surface area (Å²) in [6, 6.07) is 10.3. The summed E-state index contributed by atoms with van der Waals surface area (Å²) < 4.78 is 0. The Morgan fingerprint density at radius 2 is 1.82 bits per heavy atom. The average molecular weight is 303 g/mol. The van der Waals surface area contributed by atoms with E-state index >= 15 is 0 Å². The van der Waals surface area contributed by atoms with Crippen LogP contribution in [-0.2, 0) is 4.79 Å². The van der Waals surface area contributed by atoms with Crippen molar-refractivity contribution in [1.29, 1.82) is 0 Å². The number of amides is 1. The van der Waals surface area contributed by atoms with Gasteiger partial charge in [0, 0.05) is 19.3 Å². The molecule has 0 unspecified atom stereocenters. The molecule has 0 heterocycles. The van der Waals surface area contributed by atoms with E-state index in [0.29, 0.717) is 6.42 Å². The Labute approximate surface area is 135 Å². The number of hydrogen-bond acceptors (Lipinski definition) is 1. The second-order valence-electron chi connectivity index (χ2n) is 7.13. The molecule has 0 aromatic heterocycles. The number of nitrogens with one attached hydrogen (secondary N) is 2. The Bertz CT molecular complexity index is 464. The number of rotatable bonds is 6. The molecule has 1 aliphatic rings. The number of quaternary nitrogens is 1. The molecule has 1 aliphatic carbocycles. The molecule has 2 N–H and O–H groups in total. The first-order chi connectivity index (χ1) is 10.5. The molecule has 1 fully saturated rings. The van der Waals surface area contributed by atoms with Crippen molar-refractivity contribution in [3.8, 4) is 0 Å². The normalized spacial score (nSPS) is 18.9. The molecule has 0 radical (unpaired) electrons. The van der Waals surface area contributed by atoms with Gasteiger partial charge in [0.05, 0.1) is 20.6 Å². The summed E-state index contributed by atoms with van der Waals surface area (Å²) in [7, 11) is 4.45. The van der Waals surface area contributed by atoms with Crippen LogP contribution in [0.15, 0.2) is 30.3 Å². The van der Waals surface area contributed by atoms with Crippen LogP contribution in [0.2, 0.25) is 0 Å². The molecule has 1 saturated carbocycles. The smallest absolute Gasteiger partial charge is 0.220 e. The molecule has 1 atom stereocenters. The van der Waals surface area contributed by atoms with Gasteiger partial charge >= 0.3 is 0 Å². The van der Waals surface area contributed by atoms with E-state index in [0.717, 1.165) is 6.54 Å². The maximum atomic E-state index is 12.3. The summed E-state index contributed by atoms with van der Waals surface area (Å²) >= 11 is 0. The highest BCUT2D eigenvalue weighted by molar-refractivity contribution is 5.76. The first-order valence-electron chi connectivity index (χ1n) is 8.66. The SMILES string of the molecule is C[C@H](CC(=O)NCC1([NH+](C)C)CCCCC1)c1ccccc1. The maximum absolute atomic E-state index is 12.3. The molecule has 1 amide bonds. The summed E-state index contributed by atoms with van der Waals surface area (Å²) in [5.41, 5.74) is 1.48. The van der Waals surface area contributed by atoms with Crippen LogP contribution >= 0.6 is 0 Å². The van der Waals surface area contributed by atoms with Crippen molar-refractivity contribution in [2.45, 2.75) is 56.9 Å². The molecule has 1 aromatic carbocycles. The summed E-state index contributed by atoms with van der Waals surface area (Å²) in [5.74, 6) is 0.456. The van der Waals surface area contributed by atoms with E-state index in [4.69, 9.17) is 0 Å². The minimum absolute atomic E-state index is 0.183. The average Bonchev–Trinajstić information content (AvgIpc) is 2.54. The monoisotopic (exact) mass is 303 g/mol. The highest BCUT2D eigenvalue weighted by Crippen LogP contribution is 2.25. The predicted octanol–water partition coefficient (Wildman–Crippen LogP) is 2.14. The fourth-order valence-corrected chi connectivity index (χ4v) is 3.60. The van der Waals surface area contributed by atoms with E-state index in [2.05, 4.69) is 38.5 Å². The molecular weight excluding hydrogens is 272 g/mol. The fourth-order valence-electron chi connectivity index (χ4n) is 3.60. The summed E-state index contributed by atoms with van der Waals surface area (Å²) in [5, 5.41) is 3.22. The van der Waals surface area contributed by atoms with E-state index in [9.17, 15) is 4.79 Å². The van der Waals surface area contributed by atoms with Crippen LogP contribution in [-0.4, -0.2) is 32.1 Å². The molecule has 122 valence electrons. The van der Waals surface area contributed by atoms with Crippen molar-refractivity contribution in [1.82, 2.24) is 5.32 Å². The Balaban J connectivity index is 1.86. The summed E-state index contributed by atoms with van der Waals surface area (Å²) in [6.45, 7) is 2.94. The fraction of sp³-hybridized carbons (Fsp3) is 0.632. The van der Waals surface area contributed by atoms with Crippen LogP contribution < -0.4 is 10.2 Å². The molecule has 0 spiro atoms. The lowest BCUT2D eigenvalue weighted by molar-refractivity contribution is -0.916. The summed E-state index contributed by atoms with van der Waals surface area (Å²) in [6.07, 6.45) is 6.95. The Kier molecular flexibility index (Phi) is 6.01. The van der Waals surface area contributed by atoms with Crippen LogP contribution in [0.3, 0.4) is 0 Å². The minimum Gasteiger partial charge on any atom is -0.350 e. The number of benzene rings is 1. The third-order valence-electron chi connectivity index (χ3n) is 5.36. The largest absolute Gasteiger partial charge is 0.350 e. The third kappa shape index (κ3) is 4.33. The second-order valence-corrected chi connectivity index (χ2v) is 7.13. The molecule has 0 aliphatic heterocycles. The van der Waals surface area contributed by atoms with Gasteiger partial charge in [0.1, 0.15) is 5.54 Å². The lowest BCUT2D eigenvalue weighted by atomic mass is 9.80. The first kappa shape index (κ1) is 17.0. The molecule has 22 heavy (non-hydrogen) atoms. The number of carbonyl (C=O) groups excluding carboxylic acids is 1. The zero-order valence-corrected chi connectivity index (χ0v) is 14.3. The van der Waals surface area contributed by atoms with E-state index in [1.807, 2.05) is 18.2 Å². The van der Waals surface area contributed by atoms with Crippen molar-refractivity contribution in [2.75, 3.05) is 20.6 Å². The van der Waals surface area contributed by atoms with Crippen LogP contribution in [0.1, 0.15) is 56.9 Å². The molecule has 0 saturated heterocycles. The molecule has 2 rings (SSSR count). The van der Waals surface area contributed by atoms with E-state index in [1.165, 1.54) is 42.6 Å². The number of carbonyl (C=O) groups is 1. The van der Waals surface area contributed by atoms with Crippen molar-refractivity contribution < 1.29 is 9.69 Å². The van der Waals surface area contributed by atoms with Gasteiger partial charge in [0.15, 0.2) is 0 Å². The molecule has 3 nitrogen and oxygen atoms in total. The van der Waals surface area contributed by atoms with Crippen molar-refractivity contribution in [3.05, 3.63) is 35.9 Å². The van der Waals surface area contributed by atoms with Crippen LogP contribution in [0.5, 0.6) is 0 Å². The van der Waals surface area contributed by atoms with Gasteiger partial charge in [-0.25, -0.2) is 0 Å². The highest BCUT2D eigenvalue weighted by atomic mass is 16.1. The quantitative estimate of drug-likeness (QED) is 0.829. The van der Waals surface area contributed by atoms with Crippen molar-refractivity contribution >= 4 is 5.91 Å². The molecule has 0 bridgehead atoms. The third-order valence-corrected chi connectivity index (χ3v) is 5.36. The molecule has 3 heteroatoms. The lowest BCUT2D eigenvalue weighted by Gasteiger charge is -2.39. The van der Waals surface area contributed by atoms with Crippen LogP contribution in [0.25, 0.3) is 0 Å². The van der Waals surface area contributed by atoms with Gasteiger partial charge in [-0.1, -0.05) is 43.7 Å². The van der Waals surface area contributed by atoms with Gasteiger partial charge in [0.25, 0.3) is 0 Å². The van der Waals surface area contributed by atoms with Gasteiger partial charge in [-0.15, -0.1) is 0 Å². The number of likely N-dealkylation sites (N-methyl/N-ethyl adjacent to an activating group) is 1. The summed E-state index contributed by atoms with van der Waals surface area (Å²) in [4.78, 5) is 13.8. The zero-order chi connectivity index (χ0) is 16.0. The van der Waals surface area contributed by atoms with Crippen LogP contribution in [0.4, 0.5) is 0 Å². The van der Waals surface area contributed by atoms with Crippen molar-refractivity contribution in [3.63, 3.8) is 0 Å². The minimum atomic E-state index is 0.183. The molecule has 1 aromatic rings. The second kappa shape index (κ2) is 7.77. The van der Waals surface area contributed by atoms with Crippen molar-refractivity contribution in [2.24, 2.45) is 0 Å². The topological polar surface area (TPSA) is 33.5 Å². The predicted molar refractivity (Wildman–Crippen MR) is 91.1 cm³/mol. The lowest BCUT2D eigenvalue weighted by Crippen LogP contribution is -3.16. The Hall–Kier alpha value is -1.35. The standard InChI is InChI=1S/C19H30N2O/c1-16(17-10-6-4-7-11-17)14-18(22)20-15-19(21(2)3)12-8-5-9-13-19/h4,6-7,10-11,16H,5,8-9,12-15H2,1-3H3,(H,20,22)/p+1/t16-/m1/s1.